The van der Waals surface area contributed by atoms with Crippen molar-refractivity contribution in [2.24, 2.45) is 0 Å². The third-order valence-electron chi connectivity index (χ3n) is 2.69. The largest absolute Gasteiger partial charge is 0.507 e. The molecule has 0 unspecified atom stereocenters. The highest BCUT2D eigenvalue weighted by atomic mass is 79.9. The molecule has 0 saturated carbocycles. The fourth-order valence-electron chi connectivity index (χ4n) is 1.97. The maximum absolute atomic E-state index is 11.2. The molecular formula is C13H7BrO3. The van der Waals surface area contributed by atoms with Crippen molar-refractivity contribution in [1.82, 2.24) is 0 Å². The molecule has 0 saturated heterocycles. The van der Waals surface area contributed by atoms with Crippen molar-refractivity contribution in [2.45, 2.75) is 0 Å². The van der Waals surface area contributed by atoms with Crippen molar-refractivity contribution in [2.75, 3.05) is 0 Å². The first-order valence-corrected chi connectivity index (χ1v) is 5.80. The van der Waals surface area contributed by atoms with E-state index in [0.717, 1.165) is 21.3 Å². The molecule has 0 fully saturated rings. The Balaban J connectivity index is 2.65. The van der Waals surface area contributed by atoms with E-state index in [0.29, 0.717) is 11.0 Å². The summed E-state index contributed by atoms with van der Waals surface area (Å²) in [5, 5.41) is 12.2. The average molecular weight is 291 g/mol. The lowest BCUT2D eigenvalue weighted by Gasteiger charge is -2.05. The van der Waals surface area contributed by atoms with Crippen LogP contribution in [0.5, 0.6) is 5.75 Å². The number of hydrogen-bond acceptors (Lipinski definition) is 3. The van der Waals surface area contributed by atoms with Gasteiger partial charge >= 0.3 is 5.63 Å². The zero-order chi connectivity index (χ0) is 12.0. The van der Waals surface area contributed by atoms with Crippen molar-refractivity contribution in [3.63, 3.8) is 0 Å². The molecule has 1 aromatic heterocycles. The summed E-state index contributed by atoms with van der Waals surface area (Å²) < 4.78 is 5.99. The smallest absolute Gasteiger partial charge is 0.339 e. The number of aromatic hydroxyl groups is 1. The van der Waals surface area contributed by atoms with Gasteiger partial charge in [-0.15, -0.1) is 0 Å². The molecule has 0 aliphatic rings. The molecule has 17 heavy (non-hydrogen) atoms. The molecule has 84 valence electrons. The van der Waals surface area contributed by atoms with Crippen LogP contribution in [0.4, 0.5) is 0 Å². The number of rotatable bonds is 0. The maximum atomic E-state index is 11.2. The van der Waals surface area contributed by atoms with E-state index in [4.69, 9.17) is 4.42 Å². The highest BCUT2D eigenvalue weighted by molar-refractivity contribution is 9.10. The first-order valence-electron chi connectivity index (χ1n) is 5.01. The first kappa shape index (κ1) is 10.4. The highest BCUT2D eigenvalue weighted by Crippen LogP contribution is 2.33. The van der Waals surface area contributed by atoms with Gasteiger partial charge in [0, 0.05) is 4.47 Å². The van der Waals surface area contributed by atoms with E-state index in [-0.39, 0.29) is 5.75 Å². The van der Waals surface area contributed by atoms with Gasteiger partial charge in [-0.25, -0.2) is 4.79 Å². The lowest BCUT2D eigenvalue weighted by molar-refractivity contribution is 0.468. The van der Waals surface area contributed by atoms with Crippen LogP contribution in [0.2, 0.25) is 0 Å². The Morgan fingerprint density at radius 2 is 1.94 bits per heavy atom. The van der Waals surface area contributed by atoms with Crippen LogP contribution in [0.3, 0.4) is 0 Å². The summed E-state index contributed by atoms with van der Waals surface area (Å²) >= 11 is 3.45. The molecule has 1 heterocycles. The fraction of sp³-hybridized carbons (Fsp3) is 0. The van der Waals surface area contributed by atoms with Crippen LogP contribution in [0, 0.1) is 0 Å². The van der Waals surface area contributed by atoms with E-state index in [1.54, 1.807) is 6.07 Å². The highest BCUT2D eigenvalue weighted by Gasteiger charge is 2.09. The monoisotopic (exact) mass is 290 g/mol. The molecule has 0 spiro atoms. The van der Waals surface area contributed by atoms with Crippen LogP contribution in [-0.2, 0) is 0 Å². The van der Waals surface area contributed by atoms with Crippen LogP contribution in [-0.4, -0.2) is 5.11 Å². The van der Waals surface area contributed by atoms with Crippen LogP contribution in [0.1, 0.15) is 0 Å². The molecule has 0 aliphatic heterocycles. The van der Waals surface area contributed by atoms with Crippen molar-refractivity contribution in [3.05, 3.63) is 51.3 Å². The van der Waals surface area contributed by atoms with E-state index in [9.17, 15) is 9.90 Å². The third kappa shape index (κ3) is 1.52. The Bertz CT molecular complexity index is 790. The molecular weight excluding hydrogens is 284 g/mol. The SMILES string of the molecule is O=c1cc(O)c2c(ccc3c(Br)cccc32)o1. The second-order valence-corrected chi connectivity index (χ2v) is 4.58. The normalized spacial score (nSPS) is 11.1. The second kappa shape index (κ2) is 3.60. The van der Waals surface area contributed by atoms with Crippen molar-refractivity contribution in [3.8, 4) is 5.75 Å². The van der Waals surface area contributed by atoms with Gasteiger partial charge in [0.05, 0.1) is 11.5 Å². The van der Waals surface area contributed by atoms with Crippen LogP contribution in [0.25, 0.3) is 21.7 Å². The quantitative estimate of drug-likeness (QED) is 0.510. The molecule has 0 amide bonds. The van der Waals surface area contributed by atoms with Gasteiger partial charge in [-0.1, -0.05) is 28.1 Å². The molecule has 0 radical (unpaired) electrons. The minimum atomic E-state index is -0.552. The average Bonchev–Trinajstić information content (AvgIpc) is 2.28. The first-order chi connectivity index (χ1) is 8.16. The lowest BCUT2D eigenvalue weighted by Crippen LogP contribution is -1.95. The van der Waals surface area contributed by atoms with Crippen LogP contribution in [0.15, 0.2) is 50.1 Å². The van der Waals surface area contributed by atoms with E-state index >= 15 is 0 Å². The summed E-state index contributed by atoms with van der Waals surface area (Å²) in [6.45, 7) is 0. The van der Waals surface area contributed by atoms with Gasteiger partial charge in [0.25, 0.3) is 0 Å². The van der Waals surface area contributed by atoms with E-state index in [1.165, 1.54) is 0 Å². The van der Waals surface area contributed by atoms with Gasteiger partial charge in [0.15, 0.2) is 0 Å². The molecule has 0 bridgehead atoms. The number of hydrogen-bond donors (Lipinski definition) is 1. The zero-order valence-electron chi connectivity index (χ0n) is 8.61. The minimum absolute atomic E-state index is 0.0556. The van der Waals surface area contributed by atoms with Crippen LogP contribution < -0.4 is 5.63 Å². The molecule has 3 nitrogen and oxygen atoms in total. The van der Waals surface area contributed by atoms with Crippen molar-refractivity contribution in [1.29, 1.82) is 0 Å². The zero-order valence-corrected chi connectivity index (χ0v) is 10.2. The predicted molar refractivity (Wildman–Crippen MR) is 69.4 cm³/mol. The van der Waals surface area contributed by atoms with Gasteiger partial charge in [-0.2, -0.15) is 0 Å². The molecule has 2 aromatic carbocycles. The standard InChI is InChI=1S/C13H7BrO3/c14-9-3-1-2-8-7(9)4-5-11-13(8)10(15)6-12(16)17-11/h1-6,15H. The minimum Gasteiger partial charge on any atom is -0.507 e. The molecule has 3 rings (SSSR count). The fourth-order valence-corrected chi connectivity index (χ4v) is 2.47. The molecule has 0 atom stereocenters. The molecule has 0 aliphatic carbocycles. The van der Waals surface area contributed by atoms with Crippen molar-refractivity contribution >= 4 is 37.7 Å². The summed E-state index contributed by atoms with van der Waals surface area (Å²) in [5.74, 6) is -0.0556. The number of fused-ring (bicyclic) bond motifs is 3. The molecule has 4 heteroatoms. The van der Waals surface area contributed by atoms with Gasteiger partial charge in [0.1, 0.15) is 11.3 Å². The molecule has 3 aromatic rings. The summed E-state index contributed by atoms with van der Waals surface area (Å²) in [4.78, 5) is 11.2. The second-order valence-electron chi connectivity index (χ2n) is 3.72. The lowest BCUT2D eigenvalue weighted by atomic mass is 10.1. The Hall–Kier alpha value is -1.81. The van der Waals surface area contributed by atoms with Gasteiger partial charge in [0.2, 0.25) is 0 Å². The van der Waals surface area contributed by atoms with E-state index < -0.39 is 5.63 Å². The summed E-state index contributed by atoms with van der Waals surface area (Å²) in [6, 6.07) is 10.3. The topological polar surface area (TPSA) is 50.4 Å². The predicted octanol–water partition coefficient (Wildman–Crippen LogP) is 3.41. The van der Waals surface area contributed by atoms with Gasteiger partial charge in [-0.05, 0) is 29.0 Å². The molecule has 1 N–H and O–H groups in total. The summed E-state index contributed by atoms with van der Waals surface area (Å²) in [7, 11) is 0. The Morgan fingerprint density at radius 1 is 1.12 bits per heavy atom. The Kier molecular flexibility index (Phi) is 2.19. The number of halogens is 1. The third-order valence-corrected chi connectivity index (χ3v) is 3.38. The van der Waals surface area contributed by atoms with Gasteiger partial charge < -0.3 is 9.52 Å². The summed E-state index contributed by atoms with van der Waals surface area (Å²) in [5.41, 5.74) is -0.162. The van der Waals surface area contributed by atoms with E-state index in [2.05, 4.69) is 15.9 Å². The van der Waals surface area contributed by atoms with Crippen molar-refractivity contribution < 1.29 is 9.52 Å². The van der Waals surface area contributed by atoms with E-state index in [1.807, 2.05) is 24.3 Å². The Morgan fingerprint density at radius 3 is 2.76 bits per heavy atom. The summed E-state index contributed by atoms with van der Waals surface area (Å²) in [6.07, 6.45) is 0. The number of benzene rings is 2. The maximum Gasteiger partial charge on any atom is 0.339 e. The Labute approximate surface area is 104 Å². The van der Waals surface area contributed by atoms with Gasteiger partial charge in [-0.3, -0.25) is 0 Å². The van der Waals surface area contributed by atoms with Crippen LogP contribution >= 0.6 is 15.9 Å².